The van der Waals surface area contributed by atoms with Gasteiger partial charge in [0.05, 0.1) is 6.61 Å². The average Bonchev–Trinajstić information content (AvgIpc) is 2.45. The summed E-state index contributed by atoms with van der Waals surface area (Å²) in [6.45, 7) is 6.64. The lowest BCUT2D eigenvalue weighted by molar-refractivity contribution is 0.102. The Kier molecular flexibility index (Phi) is 5.22. The third-order valence-corrected chi connectivity index (χ3v) is 4.82. The number of anilines is 1. The van der Waals surface area contributed by atoms with Crippen molar-refractivity contribution in [1.82, 2.24) is 0 Å². The Balaban J connectivity index is 2.14. The zero-order chi connectivity index (χ0) is 15.4. The van der Waals surface area contributed by atoms with Crippen molar-refractivity contribution in [3.8, 4) is 5.75 Å². The van der Waals surface area contributed by atoms with E-state index in [1.54, 1.807) is 12.1 Å². The fourth-order valence-corrected chi connectivity index (χ4v) is 2.40. The van der Waals surface area contributed by atoms with Crippen LogP contribution in [0.5, 0.6) is 5.75 Å². The van der Waals surface area contributed by atoms with E-state index in [2.05, 4.69) is 27.9 Å². The number of carbonyl (C=O) groups is 1. The van der Waals surface area contributed by atoms with Crippen LogP contribution in [0.4, 0.5) is 5.69 Å². The van der Waals surface area contributed by atoms with Crippen molar-refractivity contribution in [2.45, 2.75) is 20.8 Å². The van der Waals surface area contributed by atoms with Crippen molar-refractivity contribution < 1.29 is 9.53 Å². The van der Waals surface area contributed by atoms with E-state index in [1.165, 1.54) is 3.57 Å². The molecule has 0 unspecified atom stereocenters. The van der Waals surface area contributed by atoms with Gasteiger partial charge in [0.25, 0.3) is 5.91 Å². The van der Waals surface area contributed by atoms with Gasteiger partial charge in [-0.1, -0.05) is 0 Å². The molecule has 4 heteroatoms. The molecule has 2 rings (SSSR count). The van der Waals surface area contributed by atoms with E-state index in [1.807, 2.05) is 45.0 Å². The Morgan fingerprint density at radius 1 is 1.14 bits per heavy atom. The molecule has 1 N–H and O–H groups in total. The van der Waals surface area contributed by atoms with E-state index in [-0.39, 0.29) is 5.91 Å². The van der Waals surface area contributed by atoms with Gasteiger partial charge < -0.3 is 10.1 Å². The highest BCUT2D eigenvalue weighted by molar-refractivity contribution is 14.1. The quantitative estimate of drug-likeness (QED) is 0.771. The highest BCUT2D eigenvalue weighted by atomic mass is 127. The van der Waals surface area contributed by atoms with Crippen LogP contribution < -0.4 is 10.1 Å². The highest BCUT2D eigenvalue weighted by Crippen LogP contribution is 2.22. The number of benzene rings is 2. The molecule has 0 radical (unpaired) electrons. The minimum atomic E-state index is -0.113. The Morgan fingerprint density at radius 2 is 1.71 bits per heavy atom. The second kappa shape index (κ2) is 6.93. The van der Waals surface area contributed by atoms with Crippen LogP contribution in [0.15, 0.2) is 36.4 Å². The lowest BCUT2D eigenvalue weighted by Gasteiger charge is -2.10. The number of nitrogens with one attached hydrogen (secondary N) is 1. The molecule has 0 bridgehead atoms. The molecule has 0 saturated heterocycles. The van der Waals surface area contributed by atoms with Crippen LogP contribution >= 0.6 is 22.6 Å². The molecule has 3 nitrogen and oxygen atoms in total. The molecule has 0 fully saturated rings. The molecule has 1 amide bonds. The van der Waals surface area contributed by atoms with E-state index >= 15 is 0 Å². The summed E-state index contributed by atoms with van der Waals surface area (Å²) >= 11 is 2.32. The number of carbonyl (C=O) groups excluding carboxylic acids is 1. The number of amides is 1. The predicted molar refractivity (Wildman–Crippen MR) is 94.2 cm³/mol. The summed E-state index contributed by atoms with van der Waals surface area (Å²) in [5, 5.41) is 2.94. The van der Waals surface area contributed by atoms with Crippen molar-refractivity contribution in [2.75, 3.05) is 11.9 Å². The second-order valence-electron chi connectivity index (χ2n) is 4.84. The molecular weight excluding hydrogens is 377 g/mol. The van der Waals surface area contributed by atoms with Gasteiger partial charge in [0.2, 0.25) is 0 Å². The number of hydrogen-bond donors (Lipinski definition) is 1. The molecular formula is C17H18INO2. The monoisotopic (exact) mass is 395 g/mol. The number of rotatable bonds is 4. The Hall–Kier alpha value is -1.56. The maximum Gasteiger partial charge on any atom is 0.255 e. The molecule has 0 saturated carbocycles. The SMILES string of the molecule is CCOc1ccc(C(=O)Nc2cc(C)c(I)c(C)c2)cc1. The third kappa shape index (κ3) is 3.97. The molecule has 0 atom stereocenters. The normalized spacial score (nSPS) is 10.3. The fourth-order valence-electron chi connectivity index (χ4n) is 2.09. The number of aryl methyl sites for hydroxylation is 2. The summed E-state index contributed by atoms with van der Waals surface area (Å²) in [6.07, 6.45) is 0. The topological polar surface area (TPSA) is 38.3 Å². The van der Waals surface area contributed by atoms with Crippen LogP contribution in [0.2, 0.25) is 0 Å². The van der Waals surface area contributed by atoms with E-state index in [0.29, 0.717) is 12.2 Å². The molecule has 21 heavy (non-hydrogen) atoms. The van der Waals surface area contributed by atoms with Gasteiger partial charge in [-0.3, -0.25) is 4.79 Å². The van der Waals surface area contributed by atoms with Crippen molar-refractivity contribution in [2.24, 2.45) is 0 Å². The largest absolute Gasteiger partial charge is 0.494 e. The van der Waals surface area contributed by atoms with Gasteiger partial charge in [-0.05, 0) is 90.9 Å². The Labute approximate surface area is 138 Å². The molecule has 2 aromatic rings. The van der Waals surface area contributed by atoms with Crippen molar-refractivity contribution in [3.63, 3.8) is 0 Å². The maximum atomic E-state index is 12.2. The van der Waals surface area contributed by atoms with Gasteiger partial charge in [-0.2, -0.15) is 0 Å². The molecule has 2 aromatic carbocycles. The van der Waals surface area contributed by atoms with Crippen molar-refractivity contribution in [1.29, 1.82) is 0 Å². The third-order valence-electron chi connectivity index (χ3n) is 3.12. The lowest BCUT2D eigenvalue weighted by Crippen LogP contribution is -2.12. The highest BCUT2D eigenvalue weighted by Gasteiger charge is 2.08. The first kappa shape index (κ1) is 15.8. The molecule has 0 spiro atoms. The van der Waals surface area contributed by atoms with Crippen LogP contribution in [-0.2, 0) is 0 Å². The summed E-state index contributed by atoms with van der Waals surface area (Å²) in [6, 6.07) is 11.1. The fraction of sp³-hybridized carbons (Fsp3) is 0.235. The summed E-state index contributed by atoms with van der Waals surface area (Å²) in [5.41, 5.74) is 3.77. The van der Waals surface area contributed by atoms with Gasteiger partial charge in [0.1, 0.15) is 5.75 Å². The van der Waals surface area contributed by atoms with Gasteiger partial charge in [-0.15, -0.1) is 0 Å². The zero-order valence-corrected chi connectivity index (χ0v) is 14.5. The lowest BCUT2D eigenvalue weighted by atomic mass is 10.1. The molecule has 0 aliphatic heterocycles. The number of halogens is 1. The smallest absolute Gasteiger partial charge is 0.255 e. The van der Waals surface area contributed by atoms with E-state index in [4.69, 9.17) is 4.74 Å². The Bertz CT molecular complexity index is 627. The number of hydrogen-bond acceptors (Lipinski definition) is 2. The Morgan fingerprint density at radius 3 is 2.24 bits per heavy atom. The summed E-state index contributed by atoms with van der Waals surface area (Å²) in [5.74, 6) is 0.660. The van der Waals surface area contributed by atoms with E-state index in [0.717, 1.165) is 22.6 Å². The maximum absolute atomic E-state index is 12.2. The molecule has 0 aliphatic rings. The van der Waals surface area contributed by atoms with Gasteiger partial charge in [-0.25, -0.2) is 0 Å². The van der Waals surface area contributed by atoms with Crippen LogP contribution in [0.1, 0.15) is 28.4 Å². The first-order chi connectivity index (χ1) is 10.0. The minimum Gasteiger partial charge on any atom is -0.494 e. The van der Waals surface area contributed by atoms with Crippen molar-refractivity contribution in [3.05, 3.63) is 56.7 Å². The molecule has 0 heterocycles. The predicted octanol–water partition coefficient (Wildman–Crippen LogP) is 4.56. The molecule has 0 aromatic heterocycles. The molecule has 110 valence electrons. The number of ether oxygens (including phenoxy) is 1. The zero-order valence-electron chi connectivity index (χ0n) is 12.4. The van der Waals surface area contributed by atoms with Crippen LogP contribution in [0.25, 0.3) is 0 Å². The van der Waals surface area contributed by atoms with E-state index < -0.39 is 0 Å². The first-order valence-corrected chi connectivity index (χ1v) is 7.90. The average molecular weight is 395 g/mol. The minimum absolute atomic E-state index is 0.113. The molecule has 0 aliphatic carbocycles. The summed E-state index contributed by atoms with van der Waals surface area (Å²) in [4.78, 5) is 12.2. The van der Waals surface area contributed by atoms with E-state index in [9.17, 15) is 4.79 Å². The summed E-state index contributed by atoms with van der Waals surface area (Å²) < 4.78 is 6.60. The first-order valence-electron chi connectivity index (χ1n) is 6.82. The van der Waals surface area contributed by atoms with Crippen LogP contribution in [-0.4, -0.2) is 12.5 Å². The van der Waals surface area contributed by atoms with Crippen LogP contribution in [0.3, 0.4) is 0 Å². The van der Waals surface area contributed by atoms with Gasteiger partial charge >= 0.3 is 0 Å². The van der Waals surface area contributed by atoms with Crippen molar-refractivity contribution >= 4 is 34.2 Å². The second-order valence-corrected chi connectivity index (χ2v) is 5.91. The van der Waals surface area contributed by atoms with Crippen LogP contribution in [0, 0.1) is 17.4 Å². The van der Waals surface area contributed by atoms with Gasteiger partial charge in [0, 0.05) is 14.8 Å². The standard InChI is InChI=1S/C17H18INO2/c1-4-21-15-7-5-13(6-8-15)17(20)19-14-9-11(2)16(18)12(3)10-14/h5-10H,4H2,1-3H3,(H,19,20). The van der Waals surface area contributed by atoms with Gasteiger partial charge in [0.15, 0.2) is 0 Å². The summed E-state index contributed by atoms with van der Waals surface area (Å²) in [7, 11) is 0.